The third-order valence-corrected chi connectivity index (χ3v) is 5.67. The summed E-state index contributed by atoms with van der Waals surface area (Å²) in [6.07, 6.45) is 8.45. The van der Waals surface area contributed by atoms with Crippen molar-refractivity contribution >= 4 is 11.6 Å². The van der Waals surface area contributed by atoms with Crippen LogP contribution in [0.15, 0.2) is 35.1 Å². The summed E-state index contributed by atoms with van der Waals surface area (Å²) < 4.78 is 2.10. The van der Waals surface area contributed by atoms with Crippen molar-refractivity contribution in [2.75, 3.05) is 0 Å². The van der Waals surface area contributed by atoms with E-state index >= 15 is 0 Å². The fourth-order valence-electron chi connectivity index (χ4n) is 3.84. The van der Waals surface area contributed by atoms with Crippen LogP contribution in [-0.2, 0) is 19.4 Å². The Labute approximate surface area is 142 Å². The van der Waals surface area contributed by atoms with Gasteiger partial charge in [-0.25, -0.2) is 0 Å². The number of fused-ring (bicyclic) bond motifs is 1. The molecule has 0 unspecified atom stereocenters. The second-order valence-corrected chi connectivity index (χ2v) is 7.39. The van der Waals surface area contributed by atoms with Crippen LogP contribution in [0.25, 0.3) is 11.1 Å². The van der Waals surface area contributed by atoms with Crippen LogP contribution in [0, 0.1) is 5.92 Å². The zero-order valence-corrected chi connectivity index (χ0v) is 14.1. The van der Waals surface area contributed by atoms with E-state index in [1.165, 1.54) is 43.4 Å². The van der Waals surface area contributed by atoms with Crippen LogP contribution in [0.1, 0.15) is 43.4 Å². The molecule has 0 atom stereocenters. The average molecular weight is 328 g/mol. The van der Waals surface area contributed by atoms with Crippen molar-refractivity contribution in [3.63, 3.8) is 0 Å². The number of pyridine rings is 1. The highest BCUT2D eigenvalue weighted by Crippen LogP contribution is 2.31. The molecule has 0 aliphatic heterocycles. The molecule has 1 aromatic heterocycles. The Kier molecular flexibility index (Phi) is 4.02. The van der Waals surface area contributed by atoms with Crippen molar-refractivity contribution in [2.24, 2.45) is 5.92 Å². The van der Waals surface area contributed by atoms with E-state index in [-0.39, 0.29) is 5.56 Å². The number of rotatable bonds is 3. The van der Waals surface area contributed by atoms with E-state index in [1.54, 1.807) is 0 Å². The minimum atomic E-state index is 0.180. The van der Waals surface area contributed by atoms with Crippen LogP contribution in [-0.4, -0.2) is 4.57 Å². The summed E-state index contributed by atoms with van der Waals surface area (Å²) in [7, 11) is 0. The highest BCUT2D eigenvalue weighted by molar-refractivity contribution is 6.30. The van der Waals surface area contributed by atoms with E-state index in [4.69, 9.17) is 11.6 Å². The zero-order chi connectivity index (χ0) is 15.8. The van der Waals surface area contributed by atoms with Crippen LogP contribution >= 0.6 is 11.6 Å². The number of aromatic nitrogens is 1. The van der Waals surface area contributed by atoms with Gasteiger partial charge >= 0.3 is 0 Å². The summed E-state index contributed by atoms with van der Waals surface area (Å²) in [6.45, 7) is 0.905. The summed E-state index contributed by atoms with van der Waals surface area (Å²) in [5, 5.41) is 0.710. The van der Waals surface area contributed by atoms with E-state index in [0.717, 1.165) is 30.5 Å². The third kappa shape index (κ3) is 2.85. The minimum Gasteiger partial charge on any atom is -0.312 e. The second kappa shape index (κ2) is 6.16. The Bertz CT molecular complexity index is 771. The van der Waals surface area contributed by atoms with Gasteiger partial charge in [-0.15, -0.1) is 0 Å². The van der Waals surface area contributed by atoms with Gasteiger partial charge in [0.1, 0.15) is 0 Å². The number of hydrogen-bond acceptors (Lipinski definition) is 1. The van der Waals surface area contributed by atoms with Gasteiger partial charge in [0.2, 0.25) is 0 Å². The maximum absolute atomic E-state index is 13.1. The van der Waals surface area contributed by atoms with Crippen molar-refractivity contribution in [3.05, 3.63) is 57.0 Å². The van der Waals surface area contributed by atoms with Gasteiger partial charge in [0, 0.05) is 22.8 Å². The van der Waals surface area contributed by atoms with Crippen LogP contribution in [0.2, 0.25) is 5.02 Å². The predicted molar refractivity (Wildman–Crippen MR) is 95.1 cm³/mol. The molecule has 2 nitrogen and oxygen atoms in total. The van der Waals surface area contributed by atoms with Gasteiger partial charge < -0.3 is 4.57 Å². The fraction of sp³-hybridized carbons (Fsp3) is 0.450. The Morgan fingerprint density at radius 2 is 1.78 bits per heavy atom. The molecule has 2 aromatic rings. The Balaban J connectivity index is 1.84. The van der Waals surface area contributed by atoms with Gasteiger partial charge in [-0.05, 0) is 73.8 Å². The topological polar surface area (TPSA) is 22.0 Å². The Morgan fingerprint density at radius 3 is 2.48 bits per heavy atom. The molecule has 0 spiro atoms. The van der Waals surface area contributed by atoms with Gasteiger partial charge in [-0.1, -0.05) is 30.2 Å². The first-order chi connectivity index (χ1) is 11.2. The van der Waals surface area contributed by atoms with Crippen molar-refractivity contribution in [3.8, 4) is 11.1 Å². The van der Waals surface area contributed by atoms with Gasteiger partial charge in [0.05, 0.1) is 0 Å². The SMILES string of the molecule is O=c1c(-c2ccc(Cl)cc2)cc2c(n1CC1CCC1)CCCC2. The molecule has 23 heavy (non-hydrogen) atoms. The summed E-state index contributed by atoms with van der Waals surface area (Å²) in [6, 6.07) is 9.79. The smallest absolute Gasteiger partial charge is 0.258 e. The lowest BCUT2D eigenvalue weighted by Gasteiger charge is -2.30. The van der Waals surface area contributed by atoms with Gasteiger partial charge in [-0.2, -0.15) is 0 Å². The molecule has 120 valence electrons. The normalized spacial score (nSPS) is 17.6. The van der Waals surface area contributed by atoms with E-state index in [2.05, 4.69) is 10.6 Å². The number of hydrogen-bond donors (Lipinski definition) is 0. The molecule has 0 N–H and O–H groups in total. The molecule has 2 aliphatic rings. The van der Waals surface area contributed by atoms with E-state index in [0.29, 0.717) is 10.9 Å². The first-order valence-corrected chi connectivity index (χ1v) is 9.12. The molecule has 2 aliphatic carbocycles. The standard InChI is InChI=1S/C20H22ClNO/c21-17-10-8-15(9-11-17)18-12-16-6-1-2-7-19(16)22(20(18)23)13-14-4-3-5-14/h8-12,14H,1-7,13H2. The number of benzene rings is 1. The summed E-state index contributed by atoms with van der Waals surface area (Å²) in [5.41, 5.74) is 4.67. The number of aryl methyl sites for hydroxylation is 1. The maximum Gasteiger partial charge on any atom is 0.258 e. The quantitative estimate of drug-likeness (QED) is 0.790. The van der Waals surface area contributed by atoms with Crippen LogP contribution in [0.5, 0.6) is 0 Å². The lowest BCUT2D eigenvalue weighted by molar-refractivity contribution is 0.269. The molecule has 3 heteroatoms. The molecule has 1 aromatic carbocycles. The Morgan fingerprint density at radius 1 is 1.04 bits per heavy atom. The minimum absolute atomic E-state index is 0.180. The van der Waals surface area contributed by atoms with Crippen LogP contribution in [0.3, 0.4) is 0 Å². The first-order valence-electron chi connectivity index (χ1n) is 8.74. The predicted octanol–water partition coefficient (Wildman–Crippen LogP) is 4.85. The molecular weight excluding hydrogens is 306 g/mol. The molecule has 0 bridgehead atoms. The third-order valence-electron chi connectivity index (χ3n) is 5.42. The number of halogens is 1. The van der Waals surface area contributed by atoms with Crippen LogP contribution in [0.4, 0.5) is 0 Å². The summed E-state index contributed by atoms with van der Waals surface area (Å²) in [4.78, 5) is 13.1. The average Bonchev–Trinajstić information content (AvgIpc) is 2.53. The largest absolute Gasteiger partial charge is 0.312 e. The Hall–Kier alpha value is -1.54. The second-order valence-electron chi connectivity index (χ2n) is 6.96. The van der Waals surface area contributed by atoms with E-state index in [1.807, 2.05) is 24.3 Å². The maximum atomic E-state index is 13.1. The molecule has 1 heterocycles. The van der Waals surface area contributed by atoms with Gasteiger partial charge in [0.25, 0.3) is 5.56 Å². The lowest BCUT2D eigenvalue weighted by Crippen LogP contribution is -2.32. The highest BCUT2D eigenvalue weighted by atomic mass is 35.5. The van der Waals surface area contributed by atoms with Crippen molar-refractivity contribution in [1.82, 2.24) is 4.57 Å². The number of nitrogens with zero attached hydrogens (tertiary/aromatic N) is 1. The van der Waals surface area contributed by atoms with E-state index in [9.17, 15) is 4.79 Å². The lowest BCUT2D eigenvalue weighted by atomic mass is 9.84. The van der Waals surface area contributed by atoms with Crippen molar-refractivity contribution < 1.29 is 0 Å². The summed E-state index contributed by atoms with van der Waals surface area (Å²) in [5.74, 6) is 0.694. The highest BCUT2D eigenvalue weighted by Gasteiger charge is 2.23. The fourth-order valence-corrected chi connectivity index (χ4v) is 3.97. The molecule has 4 rings (SSSR count). The van der Waals surface area contributed by atoms with Gasteiger partial charge in [-0.3, -0.25) is 4.79 Å². The molecule has 0 saturated heterocycles. The molecule has 1 fully saturated rings. The van der Waals surface area contributed by atoms with Crippen molar-refractivity contribution in [2.45, 2.75) is 51.5 Å². The molecular formula is C20H22ClNO. The summed E-state index contributed by atoms with van der Waals surface area (Å²) >= 11 is 6.00. The zero-order valence-electron chi connectivity index (χ0n) is 13.4. The van der Waals surface area contributed by atoms with Gasteiger partial charge in [0.15, 0.2) is 0 Å². The monoisotopic (exact) mass is 327 g/mol. The van der Waals surface area contributed by atoms with E-state index < -0.39 is 0 Å². The first kappa shape index (κ1) is 15.0. The molecule has 0 amide bonds. The molecule has 0 radical (unpaired) electrons. The van der Waals surface area contributed by atoms with Crippen molar-refractivity contribution in [1.29, 1.82) is 0 Å². The van der Waals surface area contributed by atoms with Crippen LogP contribution < -0.4 is 5.56 Å². The molecule has 1 saturated carbocycles.